The largest absolute Gasteiger partial charge is 0.356 e. The summed E-state index contributed by atoms with van der Waals surface area (Å²) in [4.78, 5) is 14.2. The van der Waals surface area contributed by atoms with E-state index in [2.05, 4.69) is 23.6 Å². The van der Waals surface area contributed by atoms with E-state index in [9.17, 15) is 8.42 Å². The van der Waals surface area contributed by atoms with Crippen LogP contribution in [0.15, 0.2) is 53.4 Å². The van der Waals surface area contributed by atoms with Crippen molar-refractivity contribution in [1.29, 1.82) is 0 Å². The molecule has 4 rings (SSSR count). The molecule has 0 radical (unpaired) electrons. The van der Waals surface area contributed by atoms with Crippen molar-refractivity contribution in [2.45, 2.75) is 18.7 Å². The molecule has 1 aliphatic heterocycles. The molecule has 1 aliphatic rings. The fraction of sp³-hybridized carbons (Fsp3) is 0.364. The van der Waals surface area contributed by atoms with Gasteiger partial charge in [0.1, 0.15) is 5.82 Å². The standard InChI is InChI=1S/C22H26ClN5O2S/c1-3-26(4-2)21-19-7-5-6-8-20(19)24-22(25-21)27-13-15-28(16-14-27)31(29,30)18-11-9-17(23)10-12-18/h5-12H,3-4,13-16H2,1-2H3. The average Bonchev–Trinajstić information content (AvgIpc) is 2.80. The number of sulfonamides is 1. The van der Waals surface area contributed by atoms with E-state index in [0.29, 0.717) is 37.1 Å². The molecule has 2 heterocycles. The number of piperazine rings is 1. The van der Waals surface area contributed by atoms with Crippen molar-refractivity contribution in [2.75, 3.05) is 49.1 Å². The van der Waals surface area contributed by atoms with Gasteiger partial charge in [-0.2, -0.15) is 9.29 Å². The Labute approximate surface area is 188 Å². The summed E-state index contributed by atoms with van der Waals surface area (Å²) in [6, 6.07) is 14.3. The zero-order valence-corrected chi connectivity index (χ0v) is 19.3. The van der Waals surface area contributed by atoms with Gasteiger partial charge in [-0.25, -0.2) is 13.4 Å². The third-order valence-corrected chi connectivity index (χ3v) is 7.77. The summed E-state index contributed by atoms with van der Waals surface area (Å²) in [6.07, 6.45) is 0. The lowest BCUT2D eigenvalue weighted by Gasteiger charge is -2.34. The third kappa shape index (κ3) is 4.33. The molecule has 0 atom stereocenters. The number of para-hydroxylation sites is 1. The van der Waals surface area contributed by atoms with E-state index >= 15 is 0 Å². The number of hydrogen-bond acceptors (Lipinski definition) is 6. The van der Waals surface area contributed by atoms with Crippen LogP contribution in [0.2, 0.25) is 5.02 Å². The molecule has 0 spiro atoms. The van der Waals surface area contributed by atoms with Crippen LogP contribution in [0.25, 0.3) is 10.9 Å². The molecule has 2 aromatic carbocycles. The summed E-state index contributed by atoms with van der Waals surface area (Å²) in [7, 11) is -3.55. The van der Waals surface area contributed by atoms with Crippen LogP contribution < -0.4 is 9.80 Å². The Balaban J connectivity index is 1.58. The number of halogens is 1. The van der Waals surface area contributed by atoms with Crippen molar-refractivity contribution < 1.29 is 8.42 Å². The third-order valence-electron chi connectivity index (χ3n) is 5.61. The molecule has 3 aromatic rings. The van der Waals surface area contributed by atoms with Gasteiger partial charge in [0, 0.05) is 49.7 Å². The first kappa shape index (κ1) is 21.8. The van der Waals surface area contributed by atoms with Gasteiger partial charge in [-0.15, -0.1) is 0 Å². The molecule has 0 amide bonds. The average molecular weight is 460 g/mol. The zero-order chi connectivity index (χ0) is 22.0. The number of rotatable bonds is 6. The number of anilines is 2. The lowest BCUT2D eigenvalue weighted by atomic mass is 10.2. The molecule has 0 unspecified atom stereocenters. The first-order valence-corrected chi connectivity index (χ1v) is 12.3. The van der Waals surface area contributed by atoms with Gasteiger partial charge >= 0.3 is 0 Å². The van der Waals surface area contributed by atoms with Crippen LogP contribution >= 0.6 is 11.6 Å². The predicted molar refractivity (Wildman–Crippen MR) is 126 cm³/mol. The van der Waals surface area contributed by atoms with E-state index in [1.54, 1.807) is 24.3 Å². The summed E-state index contributed by atoms with van der Waals surface area (Å²) < 4.78 is 27.4. The van der Waals surface area contributed by atoms with Gasteiger partial charge in [0.05, 0.1) is 10.4 Å². The van der Waals surface area contributed by atoms with Gasteiger partial charge in [0.15, 0.2) is 0 Å². The van der Waals surface area contributed by atoms with Gasteiger partial charge in [0.2, 0.25) is 16.0 Å². The maximum absolute atomic E-state index is 13.0. The number of aromatic nitrogens is 2. The number of nitrogens with zero attached hydrogens (tertiary/aromatic N) is 5. The highest BCUT2D eigenvalue weighted by Gasteiger charge is 2.29. The summed E-state index contributed by atoms with van der Waals surface area (Å²) in [5.41, 5.74) is 0.894. The normalized spacial score (nSPS) is 15.4. The highest BCUT2D eigenvalue weighted by atomic mass is 35.5. The molecule has 0 saturated carbocycles. The molecule has 7 nitrogen and oxygen atoms in total. The van der Waals surface area contributed by atoms with Crippen LogP contribution in [0.5, 0.6) is 0 Å². The predicted octanol–water partition coefficient (Wildman–Crippen LogP) is 3.64. The monoisotopic (exact) mass is 459 g/mol. The Kier molecular flexibility index (Phi) is 6.31. The second kappa shape index (κ2) is 8.98. The van der Waals surface area contributed by atoms with Crippen LogP contribution in [0.3, 0.4) is 0 Å². The number of hydrogen-bond donors (Lipinski definition) is 0. The Hall–Kier alpha value is -2.42. The molecule has 9 heteroatoms. The number of fused-ring (bicyclic) bond motifs is 1. The van der Waals surface area contributed by atoms with Crippen LogP contribution in [0, 0.1) is 0 Å². The van der Waals surface area contributed by atoms with Crippen molar-refractivity contribution >= 4 is 44.3 Å². The van der Waals surface area contributed by atoms with Gasteiger partial charge in [-0.05, 0) is 50.2 Å². The van der Waals surface area contributed by atoms with E-state index < -0.39 is 10.0 Å². The second-order valence-electron chi connectivity index (χ2n) is 7.38. The van der Waals surface area contributed by atoms with Crippen LogP contribution in [-0.4, -0.2) is 62.0 Å². The molecule has 164 valence electrons. The maximum Gasteiger partial charge on any atom is 0.243 e. The fourth-order valence-corrected chi connectivity index (χ4v) is 5.39. The molecule has 1 aromatic heterocycles. The minimum Gasteiger partial charge on any atom is -0.356 e. The molecular weight excluding hydrogens is 434 g/mol. The SMILES string of the molecule is CCN(CC)c1nc(N2CCN(S(=O)(=O)c3ccc(Cl)cc3)CC2)nc2ccccc12. The zero-order valence-electron chi connectivity index (χ0n) is 17.7. The van der Waals surface area contributed by atoms with Crippen molar-refractivity contribution in [1.82, 2.24) is 14.3 Å². The molecule has 0 aliphatic carbocycles. The molecule has 0 bridgehead atoms. The van der Waals surface area contributed by atoms with E-state index in [0.717, 1.165) is 29.8 Å². The minimum absolute atomic E-state index is 0.260. The first-order chi connectivity index (χ1) is 14.9. The lowest BCUT2D eigenvalue weighted by Crippen LogP contribution is -2.49. The van der Waals surface area contributed by atoms with Crippen LogP contribution in [-0.2, 0) is 10.0 Å². The quantitative estimate of drug-likeness (QED) is 0.560. The number of benzene rings is 2. The van der Waals surface area contributed by atoms with E-state index in [1.807, 2.05) is 24.3 Å². The second-order valence-corrected chi connectivity index (χ2v) is 9.76. The lowest BCUT2D eigenvalue weighted by molar-refractivity contribution is 0.382. The Morgan fingerprint density at radius 2 is 1.58 bits per heavy atom. The van der Waals surface area contributed by atoms with Crippen molar-refractivity contribution in [3.63, 3.8) is 0 Å². The highest BCUT2D eigenvalue weighted by molar-refractivity contribution is 7.89. The molecule has 0 N–H and O–H groups in total. The molecular formula is C22H26ClN5O2S. The molecule has 1 saturated heterocycles. The summed E-state index contributed by atoms with van der Waals surface area (Å²) >= 11 is 5.90. The first-order valence-electron chi connectivity index (χ1n) is 10.5. The van der Waals surface area contributed by atoms with Gasteiger partial charge < -0.3 is 9.80 Å². The Morgan fingerprint density at radius 3 is 2.23 bits per heavy atom. The highest BCUT2D eigenvalue weighted by Crippen LogP contribution is 2.27. The van der Waals surface area contributed by atoms with Gasteiger partial charge in [-0.1, -0.05) is 23.7 Å². The van der Waals surface area contributed by atoms with Crippen LogP contribution in [0.4, 0.5) is 11.8 Å². The summed E-state index contributed by atoms with van der Waals surface area (Å²) in [6.45, 7) is 7.74. The topological polar surface area (TPSA) is 69.6 Å². The van der Waals surface area contributed by atoms with Crippen molar-refractivity contribution in [3.05, 3.63) is 53.6 Å². The smallest absolute Gasteiger partial charge is 0.243 e. The maximum atomic E-state index is 13.0. The van der Waals surface area contributed by atoms with Crippen LogP contribution in [0.1, 0.15) is 13.8 Å². The summed E-state index contributed by atoms with van der Waals surface area (Å²) in [5.74, 6) is 1.56. The Morgan fingerprint density at radius 1 is 0.935 bits per heavy atom. The van der Waals surface area contributed by atoms with E-state index in [-0.39, 0.29) is 4.90 Å². The summed E-state index contributed by atoms with van der Waals surface area (Å²) in [5, 5.41) is 1.54. The van der Waals surface area contributed by atoms with Gasteiger partial charge in [0.25, 0.3) is 0 Å². The molecule has 31 heavy (non-hydrogen) atoms. The minimum atomic E-state index is -3.55. The Bertz CT molecular complexity index is 1160. The molecule has 1 fully saturated rings. The van der Waals surface area contributed by atoms with E-state index in [1.165, 1.54) is 4.31 Å². The van der Waals surface area contributed by atoms with E-state index in [4.69, 9.17) is 21.6 Å². The van der Waals surface area contributed by atoms with Crippen molar-refractivity contribution in [2.24, 2.45) is 0 Å². The van der Waals surface area contributed by atoms with Crippen molar-refractivity contribution in [3.8, 4) is 0 Å². The fourth-order valence-electron chi connectivity index (χ4n) is 3.84. The van der Waals surface area contributed by atoms with Gasteiger partial charge in [-0.3, -0.25) is 0 Å².